The van der Waals surface area contributed by atoms with Crippen LogP contribution in [0, 0.1) is 0 Å². The second-order valence-electron chi connectivity index (χ2n) is 4.31. The van der Waals surface area contributed by atoms with Gasteiger partial charge in [-0.15, -0.1) is 0 Å². The van der Waals surface area contributed by atoms with Crippen molar-refractivity contribution in [3.8, 4) is 0 Å². The molecule has 0 aliphatic carbocycles. The summed E-state index contributed by atoms with van der Waals surface area (Å²) in [4.78, 5) is 0. The molecule has 0 heterocycles. The summed E-state index contributed by atoms with van der Waals surface area (Å²) in [6.45, 7) is 0. The van der Waals surface area contributed by atoms with Crippen molar-refractivity contribution in [1.82, 2.24) is 0 Å². The van der Waals surface area contributed by atoms with Crippen LogP contribution in [-0.4, -0.2) is 3.79 Å². The molecule has 2 aromatic carbocycles. The fourth-order valence-electron chi connectivity index (χ4n) is 1.99. The van der Waals surface area contributed by atoms with E-state index >= 15 is 0 Å². The maximum atomic E-state index is 6.23. The van der Waals surface area contributed by atoms with Gasteiger partial charge in [0, 0.05) is 20.1 Å². The van der Waals surface area contributed by atoms with E-state index in [-0.39, 0.29) is 0 Å². The Morgan fingerprint density at radius 1 is 0.667 bits per heavy atom. The maximum Gasteiger partial charge on any atom is 0.201 e. The van der Waals surface area contributed by atoms with Crippen molar-refractivity contribution in [2.45, 2.75) is 9.71 Å². The third-order valence-electron chi connectivity index (χ3n) is 2.87. The van der Waals surface area contributed by atoms with Crippen LogP contribution in [0.5, 0.6) is 0 Å². The molecule has 0 bridgehead atoms. The fraction of sp³-hybridized carbons (Fsp3) is 0.143. The van der Waals surface area contributed by atoms with Crippen LogP contribution in [0.25, 0.3) is 0 Å². The van der Waals surface area contributed by atoms with Crippen molar-refractivity contribution in [1.29, 1.82) is 0 Å². The van der Waals surface area contributed by atoms with Gasteiger partial charge in [-0.25, -0.2) is 0 Å². The van der Waals surface area contributed by atoms with Crippen molar-refractivity contribution in [3.05, 3.63) is 67.6 Å². The molecule has 7 heteroatoms. The first-order chi connectivity index (χ1) is 9.70. The summed E-state index contributed by atoms with van der Waals surface area (Å²) in [6.07, 6.45) is 0. The largest absolute Gasteiger partial charge is 0.201 e. The Bertz CT molecular complexity index is 609. The van der Waals surface area contributed by atoms with Crippen LogP contribution >= 0.6 is 81.2 Å². The summed E-state index contributed by atoms with van der Waals surface area (Å²) in [5, 5.41) is 1.78. The van der Waals surface area contributed by atoms with Gasteiger partial charge < -0.3 is 0 Å². The van der Waals surface area contributed by atoms with Crippen LogP contribution in [0.4, 0.5) is 0 Å². The Kier molecular flexibility index (Phi) is 5.88. The predicted molar refractivity (Wildman–Crippen MR) is 95.1 cm³/mol. The molecule has 0 N–H and O–H groups in total. The first kappa shape index (κ1) is 17.8. The number of benzene rings is 2. The average Bonchev–Trinajstić information content (AvgIpc) is 2.33. The molecule has 0 spiro atoms. The van der Waals surface area contributed by atoms with Crippen LogP contribution in [0.3, 0.4) is 0 Å². The highest BCUT2D eigenvalue weighted by atomic mass is 35.6. The molecule has 0 fully saturated rings. The maximum absolute atomic E-state index is 6.23. The zero-order chi connectivity index (χ0) is 15.8. The molecule has 2 rings (SSSR count). The molecule has 0 aliphatic rings. The lowest BCUT2D eigenvalue weighted by Crippen LogP contribution is -2.19. The topological polar surface area (TPSA) is 0 Å². The second kappa shape index (κ2) is 6.93. The number of alkyl halides is 3. The molecule has 0 atom stereocenters. The third kappa shape index (κ3) is 4.26. The van der Waals surface area contributed by atoms with Crippen LogP contribution in [0.15, 0.2) is 36.4 Å². The monoisotopic (exact) mass is 420 g/mol. The lowest BCUT2D eigenvalue weighted by atomic mass is 9.92. The first-order valence-corrected chi connectivity index (χ1v) is 8.31. The van der Waals surface area contributed by atoms with E-state index in [0.29, 0.717) is 31.2 Å². The average molecular weight is 423 g/mol. The minimum Gasteiger partial charge on any atom is -0.0843 e. The van der Waals surface area contributed by atoms with Gasteiger partial charge in [0.25, 0.3) is 0 Å². The Labute approximate surface area is 157 Å². The van der Waals surface area contributed by atoms with E-state index in [1.54, 1.807) is 36.4 Å². The van der Waals surface area contributed by atoms with Gasteiger partial charge in [0.2, 0.25) is 3.79 Å². The summed E-state index contributed by atoms with van der Waals surface area (Å²) < 4.78 is -1.64. The Balaban J connectivity index is 2.64. The van der Waals surface area contributed by atoms with E-state index in [9.17, 15) is 0 Å². The number of rotatable bonds is 2. The fourth-order valence-corrected chi connectivity index (χ4v) is 3.73. The van der Waals surface area contributed by atoms with Crippen LogP contribution in [-0.2, 0) is 0 Å². The molecule has 0 saturated carbocycles. The Morgan fingerprint density at radius 3 is 1.33 bits per heavy atom. The van der Waals surface area contributed by atoms with E-state index < -0.39 is 9.71 Å². The SMILES string of the molecule is Clc1ccc(C(c2ccc(Cl)cc2Cl)C(Cl)(Cl)Cl)c(Cl)c1. The van der Waals surface area contributed by atoms with Crippen LogP contribution in [0.1, 0.15) is 17.0 Å². The molecular weight excluding hydrogens is 416 g/mol. The second-order valence-corrected chi connectivity index (χ2v) is 8.36. The molecule has 0 amide bonds. The van der Waals surface area contributed by atoms with Crippen molar-refractivity contribution in [2.75, 3.05) is 0 Å². The van der Waals surface area contributed by atoms with Gasteiger partial charge in [0.15, 0.2) is 0 Å². The summed E-state index contributed by atoms with van der Waals surface area (Å²) >= 11 is 42.7. The van der Waals surface area contributed by atoms with Gasteiger partial charge in [-0.05, 0) is 35.4 Å². The Morgan fingerprint density at radius 2 is 1.05 bits per heavy atom. The highest BCUT2D eigenvalue weighted by Crippen LogP contribution is 2.49. The minimum absolute atomic E-state index is 0.393. The summed E-state index contributed by atoms with van der Waals surface area (Å²) in [6, 6.07) is 9.95. The smallest absolute Gasteiger partial charge is 0.0843 e. The zero-order valence-corrected chi connectivity index (χ0v) is 15.5. The summed E-state index contributed by atoms with van der Waals surface area (Å²) in [5.74, 6) is -0.656. The molecule has 0 radical (unpaired) electrons. The van der Waals surface area contributed by atoms with E-state index in [1.165, 1.54) is 0 Å². The molecule has 0 saturated heterocycles. The summed E-state index contributed by atoms with van der Waals surface area (Å²) in [7, 11) is 0. The molecular formula is C14H7Cl7. The number of hydrogen-bond donors (Lipinski definition) is 0. The van der Waals surface area contributed by atoms with Crippen LogP contribution < -0.4 is 0 Å². The van der Waals surface area contributed by atoms with Gasteiger partial charge in [0.05, 0.1) is 5.92 Å². The summed E-state index contributed by atoms with van der Waals surface area (Å²) in [5.41, 5.74) is 1.23. The molecule has 21 heavy (non-hydrogen) atoms. The third-order valence-corrected chi connectivity index (χ3v) is 4.65. The quantitative estimate of drug-likeness (QED) is 0.432. The normalized spacial score (nSPS) is 12.0. The molecule has 0 aromatic heterocycles. The minimum atomic E-state index is -1.64. The molecule has 0 nitrogen and oxygen atoms in total. The predicted octanol–water partition coefficient (Wildman–Crippen LogP) is 7.80. The highest BCUT2D eigenvalue weighted by molar-refractivity contribution is 6.68. The molecule has 0 unspecified atom stereocenters. The van der Waals surface area contributed by atoms with Gasteiger partial charge >= 0.3 is 0 Å². The van der Waals surface area contributed by atoms with Crippen LogP contribution in [0.2, 0.25) is 20.1 Å². The Hall–Kier alpha value is 0.470. The lowest BCUT2D eigenvalue weighted by Gasteiger charge is -2.27. The number of hydrogen-bond acceptors (Lipinski definition) is 0. The molecule has 2 aromatic rings. The first-order valence-electron chi connectivity index (χ1n) is 5.66. The van der Waals surface area contributed by atoms with Crippen molar-refractivity contribution in [3.63, 3.8) is 0 Å². The standard InChI is InChI=1S/C14H7Cl7/c15-7-1-3-9(11(17)5-7)13(14(19,20)21)10-4-2-8(16)6-12(10)18/h1-6,13H. The zero-order valence-electron chi connectivity index (χ0n) is 10.2. The van der Waals surface area contributed by atoms with Gasteiger partial charge in [-0.1, -0.05) is 93.3 Å². The van der Waals surface area contributed by atoms with Crippen molar-refractivity contribution < 1.29 is 0 Å². The van der Waals surface area contributed by atoms with E-state index in [4.69, 9.17) is 81.2 Å². The van der Waals surface area contributed by atoms with Crippen molar-refractivity contribution >= 4 is 81.2 Å². The lowest BCUT2D eigenvalue weighted by molar-refractivity contribution is 0.840. The molecule has 112 valence electrons. The van der Waals surface area contributed by atoms with E-state index in [1.807, 2.05) is 0 Å². The van der Waals surface area contributed by atoms with E-state index in [0.717, 1.165) is 0 Å². The molecule has 0 aliphatic heterocycles. The van der Waals surface area contributed by atoms with Gasteiger partial charge in [-0.3, -0.25) is 0 Å². The van der Waals surface area contributed by atoms with Gasteiger partial charge in [-0.2, -0.15) is 0 Å². The van der Waals surface area contributed by atoms with Crippen molar-refractivity contribution in [2.24, 2.45) is 0 Å². The van der Waals surface area contributed by atoms with Gasteiger partial charge in [0.1, 0.15) is 0 Å². The highest BCUT2D eigenvalue weighted by Gasteiger charge is 2.37. The number of halogens is 7. The van der Waals surface area contributed by atoms with E-state index in [2.05, 4.69) is 0 Å².